The van der Waals surface area contributed by atoms with Crippen LogP contribution < -0.4 is 4.72 Å². The van der Waals surface area contributed by atoms with Gasteiger partial charge in [0.05, 0.1) is 12.5 Å². The minimum atomic E-state index is -3.86. The predicted molar refractivity (Wildman–Crippen MR) is 65.1 cm³/mol. The first-order valence-corrected chi connectivity index (χ1v) is 6.68. The van der Waals surface area contributed by atoms with Gasteiger partial charge in [0.1, 0.15) is 0 Å². The number of nitrogens with one attached hydrogen (secondary N) is 1. The first-order chi connectivity index (χ1) is 8.08. The second kappa shape index (κ2) is 6.66. The summed E-state index contributed by atoms with van der Waals surface area (Å²) in [4.78, 5) is 23.1. The molecule has 0 saturated carbocycles. The van der Waals surface area contributed by atoms with Gasteiger partial charge < -0.3 is 10.0 Å². The van der Waals surface area contributed by atoms with Crippen molar-refractivity contribution in [2.24, 2.45) is 0 Å². The molecule has 0 saturated heterocycles. The Bertz CT molecular complexity index is 406. The minimum absolute atomic E-state index is 0.159. The third kappa shape index (κ3) is 5.43. The SMILES string of the molecule is CC(NS(=O)(=O)N(C)CCC(=O)O)C(=O)N(C)C. The van der Waals surface area contributed by atoms with Gasteiger partial charge in [0, 0.05) is 27.7 Å². The fourth-order valence-electron chi connectivity index (χ4n) is 1.12. The molecule has 0 bridgehead atoms. The minimum Gasteiger partial charge on any atom is -0.481 e. The quantitative estimate of drug-likeness (QED) is 0.603. The monoisotopic (exact) mass is 281 g/mol. The summed E-state index contributed by atoms with van der Waals surface area (Å²) in [5.74, 6) is -1.47. The summed E-state index contributed by atoms with van der Waals surface area (Å²) in [6.45, 7) is 1.26. The third-order valence-corrected chi connectivity index (χ3v) is 3.84. The summed E-state index contributed by atoms with van der Waals surface area (Å²) >= 11 is 0. The van der Waals surface area contributed by atoms with Gasteiger partial charge in [-0.1, -0.05) is 0 Å². The molecule has 1 amide bonds. The summed E-state index contributed by atoms with van der Waals surface area (Å²) < 4.78 is 26.5. The number of likely N-dealkylation sites (N-methyl/N-ethyl adjacent to an activating group) is 1. The van der Waals surface area contributed by atoms with Crippen LogP contribution in [-0.4, -0.2) is 68.3 Å². The highest BCUT2D eigenvalue weighted by atomic mass is 32.2. The number of hydrogen-bond acceptors (Lipinski definition) is 4. The average Bonchev–Trinajstić information content (AvgIpc) is 2.23. The van der Waals surface area contributed by atoms with E-state index in [-0.39, 0.29) is 18.9 Å². The molecular weight excluding hydrogens is 262 g/mol. The number of carbonyl (C=O) groups is 2. The van der Waals surface area contributed by atoms with Crippen molar-refractivity contribution in [1.82, 2.24) is 13.9 Å². The zero-order valence-electron chi connectivity index (χ0n) is 10.9. The van der Waals surface area contributed by atoms with E-state index in [1.54, 1.807) is 0 Å². The van der Waals surface area contributed by atoms with Crippen molar-refractivity contribution in [1.29, 1.82) is 0 Å². The van der Waals surface area contributed by atoms with E-state index >= 15 is 0 Å². The van der Waals surface area contributed by atoms with E-state index in [1.165, 1.54) is 33.0 Å². The molecule has 0 aliphatic rings. The molecule has 0 aromatic heterocycles. The Morgan fingerprint density at radius 1 is 1.28 bits per heavy atom. The van der Waals surface area contributed by atoms with Crippen LogP contribution in [0.5, 0.6) is 0 Å². The normalized spacial score (nSPS) is 13.4. The summed E-state index contributed by atoms with van der Waals surface area (Å²) in [6.07, 6.45) is -0.298. The van der Waals surface area contributed by atoms with Gasteiger partial charge in [-0.05, 0) is 6.92 Å². The predicted octanol–water partition coefficient (Wildman–Crippen LogP) is -1.30. The summed E-state index contributed by atoms with van der Waals surface area (Å²) in [5, 5.41) is 8.47. The number of carboxylic acid groups (broad SMARTS) is 1. The fraction of sp³-hybridized carbons (Fsp3) is 0.778. The van der Waals surface area contributed by atoms with Crippen LogP contribution in [0.4, 0.5) is 0 Å². The summed E-state index contributed by atoms with van der Waals surface area (Å²) in [5.41, 5.74) is 0. The summed E-state index contributed by atoms with van der Waals surface area (Å²) in [6, 6.07) is -0.905. The highest BCUT2D eigenvalue weighted by molar-refractivity contribution is 7.87. The van der Waals surface area contributed by atoms with E-state index in [0.29, 0.717) is 0 Å². The van der Waals surface area contributed by atoms with Gasteiger partial charge in [-0.25, -0.2) is 0 Å². The van der Waals surface area contributed by atoms with E-state index in [0.717, 1.165) is 4.31 Å². The number of rotatable bonds is 7. The van der Waals surface area contributed by atoms with Crippen molar-refractivity contribution in [2.45, 2.75) is 19.4 Å². The molecule has 0 heterocycles. The molecule has 0 aromatic rings. The molecule has 18 heavy (non-hydrogen) atoms. The van der Waals surface area contributed by atoms with Gasteiger partial charge in [-0.3, -0.25) is 9.59 Å². The van der Waals surface area contributed by atoms with E-state index in [9.17, 15) is 18.0 Å². The van der Waals surface area contributed by atoms with Crippen molar-refractivity contribution in [3.63, 3.8) is 0 Å². The van der Waals surface area contributed by atoms with Crippen molar-refractivity contribution in [3.05, 3.63) is 0 Å². The van der Waals surface area contributed by atoms with Crippen LogP contribution in [0.2, 0.25) is 0 Å². The smallest absolute Gasteiger partial charge is 0.304 e. The number of hydrogen-bond donors (Lipinski definition) is 2. The van der Waals surface area contributed by atoms with Gasteiger partial charge in [0.25, 0.3) is 10.2 Å². The van der Waals surface area contributed by atoms with Crippen LogP contribution in [0.1, 0.15) is 13.3 Å². The van der Waals surface area contributed by atoms with E-state index in [1.807, 2.05) is 0 Å². The molecule has 0 rings (SSSR count). The van der Waals surface area contributed by atoms with Gasteiger partial charge in [-0.2, -0.15) is 17.4 Å². The largest absolute Gasteiger partial charge is 0.481 e. The number of amides is 1. The van der Waals surface area contributed by atoms with Gasteiger partial charge in [0.15, 0.2) is 0 Å². The first-order valence-electron chi connectivity index (χ1n) is 5.24. The topological polar surface area (TPSA) is 107 Å². The van der Waals surface area contributed by atoms with Crippen LogP contribution in [0.3, 0.4) is 0 Å². The van der Waals surface area contributed by atoms with Crippen molar-refractivity contribution in [3.8, 4) is 0 Å². The molecule has 0 spiro atoms. The zero-order chi connectivity index (χ0) is 14.5. The van der Waals surface area contributed by atoms with Crippen molar-refractivity contribution < 1.29 is 23.1 Å². The van der Waals surface area contributed by atoms with E-state index in [2.05, 4.69) is 4.72 Å². The van der Waals surface area contributed by atoms with Gasteiger partial charge in [0.2, 0.25) is 5.91 Å². The maximum atomic E-state index is 11.7. The molecule has 0 fully saturated rings. The Hall–Kier alpha value is -1.19. The molecule has 1 atom stereocenters. The first kappa shape index (κ1) is 16.8. The van der Waals surface area contributed by atoms with Crippen LogP contribution in [0.15, 0.2) is 0 Å². The van der Waals surface area contributed by atoms with Crippen molar-refractivity contribution in [2.75, 3.05) is 27.7 Å². The van der Waals surface area contributed by atoms with Gasteiger partial charge >= 0.3 is 5.97 Å². The lowest BCUT2D eigenvalue weighted by molar-refractivity contribution is -0.137. The lowest BCUT2D eigenvalue weighted by Gasteiger charge is -2.22. The molecular formula is C9H19N3O5S. The van der Waals surface area contributed by atoms with E-state index in [4.69, 9.17) is 5.11 Å². The van der Waals surface area contributed by atoms with Crippen LogP contribution in [0.25, 0.3) is 0 Å². The van der Waals surface area contributed by atoms with Crippen molar-refractivity contribution >= 4 is 22.1 Å². The maximum absolute atomic E-state index is 11.7. The Balaban J connectivity index is 4.55. The maximum Gasteiger partial charge on any atom is 0.304 e. The zero-order valence-corrected chi connectivity index (χ0v) is 11.7. The Labute approximate surface area is 107 Å². The molecule has 106 valence electrons. The molecule has 9 heteroatoms. The van der Waals surface area contributed by atoms with E-state index < -0.39 is 22.2 Å². The summed E-state index contributed by atoms with van der Waals surface area (Å²) in [7, 11) is 0.417. The lowest BCUT2D eigenvalue weighted by atomic mass is 10.3. The standard InChI is InChI=1S/C9H19N3O5S/c1-7(9(15)11(2)3)10-18(16,17)12(4)6-5-8(13)14/h7,10H,5-6H2,1-4H3,(H,13,14). The third-order valence-electron chi connectivity index (χ3n) is 2.19. The van der Waals surface area contributed by atoms with Gasteiger partial charge in [-0.15, -0.1) is 0 Å². The second-order valence-electron chi connectivity index (χ2n) is 4.04. The Morgan fingerprint density at radius 3 is 2.17 bits per heavy atom. The molecule has 0 radical (unpaired) electrons. The number of carboxylic acids is 1. The molecule has 0 aliphatic carbocycles. The highest BCUT2D eigenvalue weighted by Crippen LogP contribution is 1.99. The Morgan fingerprint density at radius 2 is 1.78 bits per heavy atom. The number of carbonyl (C=O) groups excluding carboxylic acids is 1. The van der Waals surface area contributed by atoms with Crippen LogP contribution in [-0.2, 0) is 19.8 Å². The number of aliphatic carboxylic acids is 1. The Kier molecular flexibility index (Phi) is 6.22. The fourth-order valence-corrected chi connectivity index (χ4v) is 2.18. The average molecular weight is 281 g/mol. The van der Waals surface area contributed by atoms with Crippen LogP contribution in [0, 0.1) is 0 Å². The molecule has 0 aliphatic heterocycles. The lowest BCUT2D eigenvalue weighted by Crippen LogP contribution is -2.49. The molecule has 8 nitrogen and oxygen atoms in total. The van der Waals surface area contributed by atoms with Crippen LogP contribution >= 0.6 is 0 Å². The number of nitrogens with zero attached hydrogens (tertiary/aromatic N) is 2. The molecule has 2 N–H and O–H groups in total. The molecule has 1 unspecified atom stereocenters. The molecule has 0 aromatic carbocycles. The second-order valence-corrected chi connectivity index (χ2v) is 5.85. The highest BCUT2D eigenvalue weighted by Gasteiger charge is 2.25.